The number of carbonyl (C=O) groups excluding carboxylic acids is 1. The average molecular weight is 290 g/mol. The third kappa shape index (κ3) is 3.97. The molecule has 2 rings (SSSR count). The van der Waals surface area contributed by atoms with Crippen LogP contribution in [0.2, 0.25) is 0 Å². The van der Waals surface area contributed by atoms with Crippen LogP contribution in [0.1, 0.15) is 33.6 Å². The van der Waals surface area contributed by atoms with Gasteiger partial charge in [-0.25, -0.2) is 0 Å². The Hall–Kier alpha value is -1.55. The summed E-state index contributed by atoms with van der Waals surface area (Å²) in [6.07, 6.45) is 2.25. The fourth-order valence-electron chi connectivity index (χ4n) is 2.75. The molecular formula is C17H26N2O2. The fourth-order valence-corrected chi connectivity index (χ4v) is 2.75. The molecule has 0 aliphatic carbocycles. The Balaban J connectivity index is 1.98. The first-order chi connectivity index (χ1) is 10.0. The number of anilines is 1. The van der Waals surface area contributed by atoms with Gasteiger partial charge in [-0.05, 0) is 63.0 Å². The zero-order valence-corrected chi connectivity index (χ0v) is 13.2. The maximum absolute atomic E-state index is 12.6. The molecule has 0 bridgehead atoms. The highest BCUT2D eigenvalue weighted by Crippen LogP contribution is 2.33. The van der Waals surface area contributed by atoms with E-state index in [2.05, 4.69) is 10.6 Å². The molecule has 1 aliphatic heterocycles. The van der Waals surface area contributed by atoms with E-state index >= 15 is 0 Å². The van der Waals surface area contributed by atoms with E-state index in [1.165, 1.54) is 0 Å². The lowest BCUT2D eigenvalue weighted by molar-refractivity contribution is -0.127. The first-order valence-electron chi connectivity index (χ1n) is 7.79. The van der Waals surface area contributed by atoms with Crippen LogP contribution in [0.4, 0.5) is 5.69 Å². The van der Waals surface area contributed by atoms with Crippen molar-refractivity contribution in [2.24, 2.45) is 11.3 Å². The van der Waals surface area contributed by atoms with Crippen molar-refractivity contribution in [3.63, 3.8) is 0 Å². The number of benzene rings is 1. The van der Waals surface area contributed by atoms with Crippen LogP contribution in [0, 0.1) is 11.3 Å². The summed E-state index contributed by atoms with van der Waals surface area (Å²) in [5.74, 6) is 1.29. The predicted molar refractivity (Wildman–Crippen MR) is 85.6 cm³/mol. The molecule has 21 heavy (non-hydrogen) atoms. The second-order valence-corrected chi connectivity index (χ2v) is 6.18. The van der Waals surface area contributed by atoms with Gasteiger partial charge in [-0.2, -0.15) is 0 Å². The summed E-state index contributed by atoms with van der Waals surface area (Å²) in [5, 5.41) is 6.41. The van der Waals surface area contributed by atoms with Crippen molar-refractivity contribution >= 4 is 11.6 Å². The van der Waals surface area contributed by atoms with Crippen LogP contribution in [0.25, 0.3) is 0 Å². The van der Waals surface area contributed by atoms with E-state index in [1.807, 2.05) is 45.0 Å². The van der Waals surface area contributed by atoms with Crippen molar-refractivity contribution in [3.8, 4) is 5.75 Å². The lowest BCUT2D eigenvalue weighted by Gasteiger charge is -2.36. The molecule has 2 N–H and O–H groups in total. The summed E-state index contributed by atoms with van der Waals surface area (Å²) in [4.78, 5) is 12.6. The number of carbonyl (C=O) groups is 1. The first-order valence-corrected chi connectivity index (χ1v) is 7.79. The molecule has 1 aliphatic rings. The first kappa shape index (κ1) is 15.8. The summed E-state index contributed by atoms with van der Waals surface area (Å²) in [5.41, 5.74) is 0.451. The van der Waals surface area contributed by atoms with Crippen LogP contribution >= 0.6 is 0 Å². The Morgan fingerprint density at radius 1 is 1.38 bits per heavy atom. The van der Waals surface area contributed by atoms with Crippen molar-refractivity contribution in [2.45, 2.75) is 33.6 Å². The van der Waals surface area contributed by atoms with Crippen molar-refractivity contribution in [3.05, 3.63) is 24.3 Å². The van der Waals surface area contributed by atoms with Crippen LogP contribution in [0.5, 0.6) is 5.75 Å². The number of hydrogen-bond donors (Lipinski definition) is 2. The van der Waals surface area contributed by atoms with E-state index in [-0.39, 0.29) is 11.3 Å². The number of nitrogens with one attached hydrogen (secondary N) is 2. The number of ether oxygens (including phenoxy) is 1. The second-order valence-electron chi connectivity index (χ2n) is 6.18. The van der Waals surface area contributed by atoms with Gasteiger partial charge in [0.05, 0.1) is 6.61 Å². The molecule has 0 radical (unpaired) electrons. The molecule has 0 spiro atoms. The van der Waals surface area contributed by atoms with Gasteiger partial charge >= 0.3 is 0 Å². The van der Waals surface area contributed by atoms with E-state index < -0.39 is 0 Å². The average Bonchev–Trinajstić information content (AvgIpc) is 2.50. The van der Waals surface area contributed by atoms with E-state index in [9.17, 15) is 4.79 Å². The van der Waals surface area contributed by atoms with Gasteiger partial charge in [-0.1, -0.05) is 13.8 Å². The zero-order chi connectivity index (χ0) is 15.3. The van der Waals surface area contributed by atoms with Crippen molar-refractivity contribution < 1.29 is 9.53 Å². The number of piperidine rings is 1. The van der Waals surface area contributed by atoms with Crippen molar-refractivity contribution in [1.82, 2.24) is 5.32 Å². The van der Waals surface area contributed by atoms with Gasteiger partial charge in [0.2, 0.25) is 5.91 Å². The van der Waals surface area contributed by atoms with E-state index in [0.717, 1.165) is 37.4 Å². The summed E-state index contributed by atoms with van der Waals surface area (Å²) < 4.78 is 5.41. The maximum Gasteiger partial charge on any atom is 0.230 e. The van der Waals surface area contributed by atoms with E-state index in [4.69, 9.17) is 4.74 Å². The topological polar surface area (TPSA) is 50.4 Å². The molecule has 1 heterocycles. The second kappa shape index (κ2) is 6.94. The van der Waals surface area contributed by atoms with Crippen LogP contribution in [0.3, 0.4) is 0 Å². The number of hydrogen-bond acceptors (Lipinski definition) is 3. The summed E-state index contributed by atoms with van der Waals surface area (Å²) in [6.45, 7) is 8.66. The standard InChI is InChI=1S/C17H26N2O2/c1-4-21-15-9-7-14(8-10-15)19-16(20)17(2,3)13-6-5-11-18-12-13/h7-10,13,18H,4-6,11-12H2,1-3H3,(H,19,20). The quantitative estimate of drug-likeness (QED) is 0.876. The molecule has 1 amide bonds. The van der Waals surface area contributed by atoms with Crippen LogP contribution in [0.15, 0.2) is 24.3 Å². The summed E-state index contributed by atoms with van der Waals surface area (Å²) in [7, 11) is 0. The van der Waals surface area contributed by atoms with Crippen LogP contribution in [-0.4, -0.2) is 25.6 Å². The molecule has 1 aromatic carbocycles. The van der Waals surface area contributed by atoms with Gasteiger partial charge in [0.25, 0.3) is 0 Å². The summed E-state index contributed by atoms with van der Waals surface area (Å²) in [6, 6.07) is 7.54. The molecule has 4 heteroatoms. The minimum Gasteiger partial charge on any atom is -0.494 e. The lowest BCUT2D eigenvalue weighted by Crippen LogP contribution is -2.44. The molecule has 1 saturated heterocycles. The molecule has 1 aromatic rings. The molecule has 0 saturated carbocycles. The number of rotatable bonds is 5. The third-order valence-corrected chi connectivity index (χ3v) is 4.33. The third-order valence-electron chi connectivity index (χ3n) is 4.33. The van der Waals surface area contributed by atoms with Crippen LogP contribution < -0.4 is 15.4 Å². The molecule has 1 fully saturated rings. The Labute approximate surface area is 127 Å². The highest BCUT2D eigenvalue weighted by molar-refractivity contribution is 5.95. The fraction of sp³-hybridized carbons (Fsp3) is 0.588. The Bertz CT molecular complexity index is 462. The monoisotopic (exact) mass is 290 g/mol. The molecule has 4 nitrogen and oxygen atoms in total. The predicted octanol–water partition coefficient (Wildman–Crippen LogP) is 3.05. The molecule has 1 unspecified atom stereocenters. The van der Waals surface area contributed by atoms with Gasteiger partial charge < -0.3 is 15.4 Å². The minimum atomic E-state index is -0.369. The summed E-state index contributed by atoms with van der Waals surface area (Å²) >= 11 is 0. The van der Waals surface area contributed by atoms with E-state index in [1.54, 1.807) is 0 Å². The maximum atomic E-state index is 12.6. The Kier molecular flexibility index (Phi) is 5.23. The molecule has 116 valence electrons. The number of amides is 1. The highest BCUT2D eigenvalue weighted by Gasteiger charge is 2.37. The van der Waals surface area contributed by atoms with E-state index in [0.29, 0.717) is 12.5 Å². The highest BCUT2D eigenvalue weighted by atomic mass is 16.5. The van der Waals surface area contributed by atoms with Crippen molar-refractivity contribution in [2.75, 3.05) is 25.0 Å². The van der Waals surface area contributed by atoms with Gasteiger partial charge in [0.15, 0.2) is 0 Å². The van der Waals surface area contributed by atoms with Gasteiger partial charge in [-0.3, -0.25) is 4.79 Å². The minimum absolute atomic E-state index is 0.0837. The largest absolute Gasteiger partial charge is 0.494 e. The molecule has 0 aromatic heterocycles. The van der Waals surface area contributed by atoms with Gasteiger partial charge in [-0.15, -0.1) is 0 Å². The zero-order valence-electron chi connectivity index (χ0n) is 13.2. The SMILES string of the molecule is CCOc1ccc(NC(=O)C(C)(C)C2CCCNC2)cc1. The Morgan fingerprint density at radius 3 is 2.67 bits per heavy atom. The molecular weight excluding hydrogens is 264 g/mol. The van der Waals surface area contributed by atoms with Crippen molar-refractivity contribution in [1.29, 1.82) is 0 Å². The molecule has 1 atom stereocenters. The smallest absolute Gasteiger partial charge is 0.230 e. The van der Waals surface area contributed by atoms with Crippen LogP contribution in [-0.2, 0) is 4.79 Å². The van der Waals surface area contributed by atoms with Gasteiger partial charge in [0.1, 0.15) is 5.75 Å². The normalized spacial score (nSPS) is 19.1. The van der Waals surface area contributed by atoms with Gasteiger partial charge in [0, 0.05) is 11.1 Å². The lowest BCUT2D eigenvalue weighted by atomic mass is 9.74. The Morgan fingerprint density at radius 2 is 2.10 bits per heavy atom.